The van der Waals surface area contributed by atoms with Crippen LogP contribution in [0.3, 0.4) is 0 Å². The predicted molar refractivity (Wildman–Crippen MR) is 83.5 cm³/mol. The highest BCUT2D eigenvalue weighted by Gasteiger charge is 2.04. The van der Waals surface area contributed by atoms with Gasteiger partial charge < -0.3 is 5.32 Å². The van der Waals surface area contributed by atoms with Crippen LogP contribution >= 0.6 is 0 Å². The van der Waals surface area contributed by atoms with Crippen molar-refractivity contribution in [3.63, 3.8) is 0 Å². The Morgan fingerprint density at radius 3 is 2.50 bits per heavy atom. The maximum Gasteiger partial charge on any atom is 0.224 e. The number of amides is 1. The van der Waals surface area contributed by atoms with Gasteiger partial charge in [0.1, 0.15) is 0 Å². The Bertz CT molecular complexity index is 548. The van der Waals surface area contributed by atoms with Gasteiger partial charge in [0, 0.05) is 6.54 Å². The van der Waals surface area contributed by atoms with Crippen molar-refractivity contribution in [1.82, 2.24) is 5.32 Å². The monoisotopic (exact) mass is 267 g/mol. The zero-order valence-electron chi connectivity index (χ0n) is 11.9. The second-order valence-corrected chi connectivity index (χ2v) is 4.95. The maximum absolute atomic E-state index is 11.8. The zero-order valence-corrected chi connectivity index (χ0v) is 11.9. The molecule has 20 heavy (non-hydrogen) atoms. The van der Waals surface area contributed by atoms with E-state index in [2.05, 4.69) is 36.5 Å². The number of nitrogens with one attached hydrogen (secondary N) is 1. The molecular weight excluding hydrogens is 246 g/mol. The lowest BCUT2D eigenvalue weighted by Crippen LogP contribution is -2.25. The highest BCUT2D eigenvalue weighted by atomic mass is 16.1. The van der Waals surface area contributed by atoms with Gasteiger partial charge in [0.2, 0.25) is 5.91 Å². The van der Waals surface area contributed by atoms with Gasteiger partial charge in [-0.1, -0.05) is 67.9 Å². The molecule has 0 saturated carbocycles. The lowest BCUT2D eigenvalue weighted by atomic mass is 10.0. The van der Waals surface area contributed by atoms with Crippen molar-refractivity contribution in [2.24, 2.45) is 0 Å². The molecule has 0 unspecified atom stereocenters. The molecule has 0 atom stereocenters. The molecule has 0 radical (unpaired) electrons. The highest BCUT2D eigenvalue weighted by Crippen LogP contribution is 2.20. The smallest absolute Gasteiger partial charge is 0.224 e. The van der Waals surface area contributed by atoms with Gasteiger partial charge in [0.15, 0.2) is 0 Å². The maximum atomic E-state index is 11.8. The largest absolute Gasteiger partial charge is 0.356 e. The van der Waals surface area contributed by atoms with Crippen molar-refractivity contribution in [2.45, 2.75) is 26.2 Å². The summed E-state index contributed by atoms with van der Waals surface area (Å²) in [7, 11) is 0. The summed E-state index contributed by atoms with van der Waals surface area (Å²) < 4.78 is 0. The van der Waals surface area contributed by atoms with Crippen molar-refractivity contribution in [2.75, 3.05) is 6.54 Å². The Hall–Kier alpha value is -2.09. The third kappa shape index (κ3) is 4.23. The summed E-state index contributed by atoms with van der Waals surface area (Å²) >= 11 is 0. The van der Waals surface area contributed by atoms with Crippen LogP contribution in [0.25, 0.3) is 11.1 Å². The highest BCUT2D eigenvalue weighted by molar-refractivity contribution is 5.79. The van der Waals surface area contributed by atoms with Gasteiger partial charge in [0.05, 0.1) is 6.42 Å². The molecule has 104 valence electrons. The molecule has 0 fully saturated rings. The fourth-order valence-electron chi connectivity index (χ4n) is 2.14. The molecule has 0 saturated heterocycles. The fourth-order valence-corrected chi connectivity index (χ4v) is 2.14. The van der Waals surface area contributed by atoms with Crippen molar-refractivity contribution in [3.8, 4) is 11.1 Å². The molecule has 0 aliphatic heterocycles. The Labute approximate surface area is 120 Å². The normalized spacial score (nSPS) is 10.2. The van der Waals surface area contributed by atoms with Crippen LogP contribution in [0, 0.1) is 0 Å². The summed E-state index contributed by atoms with van der Waals surface area (Å²) in [5.74, 6) is 0.101. The van der Waals surface area contributed by atoms with E-state index in [1.807, 2.05) is 30.3 Å². The number of unbranched alkanes of at least 4 members (excludes halogenated alkanes) is 1. The average Bonchev–Trinajstić information content (AvgIpc) is 2.49. The Morgan fingerprint density at radius 2 is 1.75 bits per heavy atom. The summed E-state index contributed by atoms with van der Waals surface area (Å²) in [5, 5.41) is 2.95. The fraction of sp³-hybridized carbons (Fsp3) is 0.278. The van der Waals surface area contributed by atoms with Crippen molar-refractivity contribution in [1.29, 1.82) is 0 Å². The zero-order chi connectivity index (χ0) is 14.2. The van der Waals surface area contributed by atoms with Crippen molar-refractivity contribution >= 4 is 5.91 Å². The van der Waals surface area contributed by atoms with E-state index >= 15 is 0 Å². The molecule has 2 aromatic rings. The van der Waals surface area contributed by atoms with E-state index in [1.54, 1.807) is 0 Å². The number of hydrogen-bond acceptors (Lipinski definition) is 1. The molecule has 2 heteroatoms. The molecule has 1 amide bonds. The molecule has 2 nitrogen and oxygen atoms in total. The Kier molecular flexibility index (Phi) is 5.36. The van der Waals surface area contributed by atoms with Crippen molar-refractivity contribution < 1.29 is 4.79 Å². The minimum absolute atomic E-state index is 0.101. The van der Waals surface area contributed by atoms with Crippen LogP contribution in [0.4, 0.5) is 0 Å². The molecule has 0 aliphatic carbocycles. The third-order valence-corrected chi connectivity index (χ3v) is 3.25. The minimum atomic E-state index is 0.101. The van der Waals surface area contributed by atoms with E-state index in [4.69, 9.17) is 0 Å². The molecule has 0 aromatic heterocycles. The second-order valence-electron chi connectivity index (χ2n) is 4.95. The summed E-state index contributed by atoms with van der Waals surface area (Å²) in [6.45, 7) is 2.89. The summed E-state index contributed by atoms with van der Waals surface area (Å²) in [6.07, 6.45) is 2.59. The van der Waals surface area contributed by atoms with Crippen LogP contribution in [0.15, 0.2) is 54.6 Å². The second kappa shape index (κ2) is 7.49. The summed E-state index contributed by atoms with van der Waals surface area (Å²) in [4.78, 5) is 11.8. The van der Waals surface area contributed by atoms with Gasteiger partial charge >= 0.3 is 0 Å². The Morgan fingerprint density at radius 1 is 1.00 bits per heavy atom. The Balaban J connectivity index is 2.01. The number of benzene rings is 2. The first-order valence-electron chi connectivity index (χ1n) is 7.20. The third-order valence-electron chi connectivity index (χ3n) is 3.25. The first-order chi connectivity index (χ1) is 9.79. The summed E-state index contributed by atoms with van der Waals surface area (Å²) in [6, 6.07) is 18.4. The lowest BCUT2D eigenvalue weighted by Gasteiger charge is -2.07. The molecule has 2 rings (SSSR count). The molecule has 0 bridgehead atoms. The van der Waals surface area contributed by atoms with Crippen LogP contribution in [-0.4, -0.2) is 12.5 Å². The van der Waals surface area contributed by atoms with E-state index in [0.717, 1.165) is 30.5 Å². The lowest BCUT2D eigenvalue weighted by molar-refractivity contribution is -0.120. The van der Waals surface area contributed by atoms with Crippen molar-refractivity contribution in [3.05, 3.63) is 60.2 Å². The summed E-state index contributed by atoms with van der Waals surface area (Å²) in [5.41, 5.74) is 3.39. The van der Waals surface area contributed by atoms with E-state index in [0.29, 0.717) is 6.42 Å². The molecule has 2 aromatic carbocycles. The molecular formula is C18H21NO. The minimum Gasteiger partial charge on any atom is -0.356 e. The molecule has 0 heterocycles. The quantitative estimate of drug-likeness (QED) is 0.792. The molecule has 0 spiro atoms. The van der Waals surface area contributed by atoms with E-state index in [9.17, 15) is 4.79 Å². The average molecular weight is 267 g/mol. The standard InChI is InChI=1S/C18H21NO/c1-2-3-12-19-18(20)14-15-8-7-11-17(13-15)16-9-5-4-6-10-16/h4-11,13H,2-3,12,14H2,1H3,(H,19,20). The van der Waals surface area contributed by atoms with Gasteiger partial charge in [-0.2, -0.15) is 0 Å². The van der Waals surface area contributed by atoms with E-state index in [1.165, 1.54) is 5.56 Å². The number of carbonyl (C=O) groups is 1. The molecule has 0 aliphatic rings. The van der Waals surface area contributed by atoms with Gasteiger partial charge in [-0.05, 0) is 23.1 Å². The first kappa shape index (κ1) is 14.3. The number of carbonyl (C=O) groups excluding carboxylic acids is 1. The van der Waals surface area contributed by atoms with Crippen LogP contribution in [0.2, 0.25) is 0 Å². The van der Waals surface area contributed by atoms with Gasteiger partial charge in [-0.15, -0.1) is 0 Å². The van der Waals surface area contributed by atoms with Crippen LogP contribution in [0.1, 0.15) is 25.3 Å². The first-order valence-corrected chi connectivity index (χ1v) is 7.20. The number of hydrogen-bond donors (Lipinski definition) is 1. The molecule has 1 N–H and O–H groups in total. The van der Waals surface area contributed by atoms with Gasteiger partial charge in [0.25, 0.3) is 0 Å². The van der Waals surface area contributed by atoms with Crippen LogP contribution in [0.5, 0.6) is 0 Å². The SMILES string of the molecule is CCCCNC(=O)Cc1cccc(-c2ccccc2)c1. The van der Waals surface area contributed by atoms with Crippen LogP contribution < -0.4 is 5.32 Å². The van der Waals surface area contributed by atoms with Crippen LogP contribution in [-0.2, 0) is 11.2 Å². The number of rotatable bonds is 6. The van der Waals surface area contributed by atoms with Gasteiger partial charge in [-0.3, -0.25) is 4.79 Å². The van der Waals surface area contributed by atoms with E-state index in [-0.39, 0.29) is 5.91 Å². The van der Waals surface area contributed by atoms with Gasteiger partial charge in [-0.25, -0.2) is 0 Å². The van der Waals surface area contributed by atoms with E-state index < -0.39 is 0 Å². The predicted octanol–water partition coefficient (Wildman–Crippen LogP) is 3.81. The topological polar surface area (TPSA) is 29.1 Å².